The molecule has 0 aliphatic heterocycles. The Morgan fingerprint density at radius 1 is 1.17 bits per heavy atom. The van der Waals surface area contributed by atoms with Crippen molar-refractivity contribution in [3.05, 3.63) is 64.7 Å². The molecule has 1 N–H and O–H groups in total. The Hall–Kier alpha value is -1.45. The topological polar surface area (TPSA) is 33.1 Å². The van der Waals surface area contributed by atoms with E-state index in [2.05, 4.69) is 4.98 Å². The van der Waals surface area contributed by atoms with Gasteiger partial charge < -0.3 is 5.11 Å². The predicted octanol–water partition coefficient (Wildman–Crippen LogP) is 3.02. The summed E-state index contributed by atoms with van der Waals surface area (Å²) in [6, 6.07) is 7.93. The van der Waals surface area contributed by atoms with Crippen molar-refractivity contribution < 1.29 is 9.50 Å². The highest BCUT2D eigenvalue weighted by atomic mass is 35.5. The number of hydrogen-bond donors (Lipinski definition) is 1. The van der Waals surface area contributed by atoms with Crippen LogP contribution in [0.3, 0.4) is 0 Å². The molecule has 1 atom stereocenters. The maximum atomic E-state index is 12.9. The minimum atomic E-state index is -0.546. The average molecular weight is 266 g/mol. The van der Waals surface area contributed by atoms with Crippen molar-refractivity contribution in [2.24, 2.45) is 0 Å². The Bertz CT molecular complexity index is 518. The zero-order chi connectivity index (χ0) is 13.0. The number of benzene rings is 1. The van der Waals surface area contributed by atoms with Gasteiger partial charge in [0.2, 0.25) is 0 Å². The van der Waals surface area contributed by atoms with E-state index in [0.717, 1.165) is 11.1 Å². The number of halogens is 2. The molecule has 0 saturated heterocycles. The number of hydrogen-bond acceptors (Lipinski definition) is 2. The summed E-state index contributed by atoms with van der Waals surface area (Å²) >= 11 is 5.92. The normalized spacial score (nSPS) is 12.4. The van der Waals surface area contributed by atoms with Crippen LogP contribution < -0.4 is 0 Å². The monoisotopic (exact) mass is 265 g/mol. The molecular weight excluding hydrogens is 253 g/mol. The number of aliphatic hydroxyl groups excluding tert-OH is 1. The number of pyridine rings is 1. The van der Waals surface area contributed by atoms with Gasteiger partial charge in [-0.25, -0.2) is 4.39 Å². The predicted molar refractivity (Wildman–Crippen MR) is 69.1 cm³/mol. The third-order valence-corrected chi connectivity index (χ3v) is 3.04. The van der Waals surface area contributed by atoms with Crippen molar-refractivity contribution in [1.82, 2.24) is 4.98 Å². The summed E-state index contributed by atoms with van der Waals surface area (Å²) in [6.45, 7) is 0. The second-order valence-electron chi connectivity index (χ2n) is 4.15. The van der Waals surface area contributed by atoms with Crippen molar-refractivity contribution in [3.63, 3.8) is 0 Å². The molecule has 1 unspecified atom stereocenters. The van der Waals surface area contributed by atoms with Crippen molar-refractivity contribution >= 4 is 11.6 Å². The van der Waals surface area contributed by atoms with Crippen LogP contribution in [0.5, 0.6) is 0 Å². The highest BCUT2D eigenvalue weighted by molar-refractivity contribution is 6.31. The van der Waals surface area contributed by atoms with Crippen LogP contribution in [0.25, 0.3) is 0 Å². The largest absolute Gasteiger partial charge is 0.392 e. The Kier molecular flexibility index (Phi) is 4.28. The third-order valence-electron chi connectivity index (χ3n) is 2.69. The quantitative estimate of drug-likeness (QED) is 0.922. The summed E-state index contributed by atoms with van der Waals surface area (Å²) < 4.78 is 12.9. The standard InChI is InChI=1S/C14H13ClFNO/c15-14-9-12(16)2-1-11(14)8-13(18)7-10-3-5-17-6-4-10/h1-6,9,13,18H,7-8H2. The lowest BCUT2D eigenvalue weighted by atomic mass is 10.0. The zero-order valence-electron chi connectivity index (χ0n) is 9.68. The van der Waals surface area contributed by atoms with Crippen LogP contribution in [0, 0.1) is 5.82 Å². The molecule has 0 aliphatic rings. The highest BCUT2D eigenvalue weighted by Crippen LogP contribution is 2.19. The van der Waals surface area contributed by atoms with E-state index in [1.165, 1.54) is 12.1 Å². The fourth-order valence-corrected chi connectivity index (χ4v) is 2.05. The smallest absolute Gasteiger partial charge is 0.124 e. The summed E-state index contributed by atoms with van der Waals surface area (Å²) in [7, 11) is 0. The number of aromatic nitrogens is 1. The SMILES string of the molecule is OC(Cc1ccncc1)Cc1ccc(F)cc1Cl. The van der Waals surface area contributed by atoms with Crippen LogP contribution in [-0.2, 0) is 12.8 Å². The molecule has 1 heterocycles. The molecule has 2 aromatic rings. The third kappa shape index (κ3) is 3.52. The van der Waals surface area contributed by atoms with E-state index in [1.807, 2.05) is 12.1 Å². The van der Waals surface area contributed by atoms with Gasteiger partial charge in [-0.3, -0.25) is 4.98 Å². The first-order chi connectivity index (χ1) is 8.65. The number of aliphatic hydroxyl groups is 1. The van der Waals surface area contributed by atoms with Crippen LogP contribution in [0.4, 0.5) is 4.39 Å². The van der Waals surface area contributed by atoms with E-state index in [9.17, 15) is 9.50 Å². The summed E-state index contributed by atoms with van der Waals surface area (Å²) in [4.78, 5) is 3.92. The molecule has 4 heteroatoms. The molecule has 0 bridgehead atoms. The van der Waals surface area contributed by atoms with Crippen molar-refractivity contribution in [1.29, 1.82) is 0 Å². The lowest BCUT2D eigenvalue weighted by molar-refractivity contribution is 0.175. The summed E-state index contributed by atoms with van der Waals surface area (Å²) in [5.74, 6) is -0.368. The van der Waals surface area contributed by atoms with E-state index in [-0.39, 0.29) is 5.82 Å². The lowest BCUT2D eigenvalue weighted by Crippen LogP contribution is -2.14. The fraction of sp³-hybridized carbons (Fsp3) is 0.214. The van der Waals surface area contributed by atoms with Crippen LogP contribution in [0.15, 0.2) is 42.7 Å². The van der Waals surface area contributed by atoms with Gasteiger partial charge in [-0.15, -0.1) is 0 Å². The molecule has 1 aromatic heterocycles. The first kappa shape index (κ1) is 13.0. The highest BCUT2D eigenvalue weighted by Gasteiger charge is 2.10. The Balaban J connectivity index is 2.01. The second kappa shape index (κ2) is 5.94. The molecule has 18 heavy (non-hydrogen) atoms. The molecule has 1 aromatic carbocycles. The van der Waals surface area contributed by atoms with Gasteiger partial charge in [0.05, 0.1) is 6.10 Å². The summed E-state index contributed by atoms with van der Waals surface area (Å²) in [6.07, 6.45) is 3.76. The van der Waals surface area contributed by atoms with Crippen LogP contribution in [-0.4, -0.2) is 16.2 Å². The van der Waals surface area contributed by atoms with Gasteiger partial charge in [-0.05, 0) is 41.8 Å². The fourth-order valence-electron chi connectivity index (χ4n) is 1.80. The van der Waals surface area contributed by atoms with Crippen molar-refractivity contribution in [3.8, 4) is 0 Å². The zero-order valence-corrected chi connectivity index (χ0v) is 10.4. The van der Waals surface area contributed by atoms with Gasteiger partial charge in [0, 0.05) is 23.8 Å². The molecule has 0 fully saturated rings. The number of nitrogens with zero attached hydrogens (tertiary/aromatic N) is 1. The first-order valence-corrected chi connectivity index (χ1v) is 6.04. The summed E-state index contributed by atoms with van der Waals surface area (Å²) in [5, 5.41) is 10.3. The van der Waals surface area contributed by atoms with E-state index in [1.54, 1.807) is 18.5 Å². The molecule has 2 nitrogen and oxygen atoms in total. The Labute approximate surface area is 110 Å². The molecule has 0 amide bonds. The van der Waals surface area contributed by atoms with Gasteiger partial charge in [0.1, 0.15) is 5.82 Å². The molecule has 0 spiro atoms. The van der Waals surface area contributed by atoms with E-state index >= 15 is 0 Å². The number of rotatable bonds is 4. The second-order valence-corrected chi connectivity index (χ2v) is 4.56. The van der Waals surface area contributed by atoms with Gasteiger partial charge in [-0.2, -0.15) is 0 Å². The van der Waals surface area contributed by atoms with Gasteiger partial charge >= 0.3 is 0 Å². The van der Waals surface area contributed by atoms with E-state index in [0.29, 0.717) is 17.9 Å². The Morgan fingerprint density at radius 2 is 1.89 bits per heavy atom. The molecular formula is C14H13ClFNO. The van der Waals surface area contributed by atoms with Crippen LogP contribution >= 0.6 is 11.6 Å². The maximum absolute atomic E-state index is 12.9. The Morgan fingerprint density at radius 3 is 2.56 bits per heavy atom. The van der Waals surface area contributed by atoms with Gasteiger partial charge in [-0.1, -0.05) is 17.7 Å². The minimum absolute atomic E-state index is 0.351. The van der Waals surface area contributed by atoms with Gasteiger partial charge in [0.25, 0.3) is 0 Å². The molecule has 0 saturated carbocycles. The minimum Gasteiger partial charge on any atom is -0.392 e. The van der Waals surface area contributed by atoms with Crippen LogP contribution in [0.2, 0.25) is 5.02 Å². The first-order valence-electron chi connectivity index (χ1n) is 5.66. The molecule has 0 radical (unpaired) electrons. The summed E-state index contributed by atoms with van der Waals surface area (Å²) in [5.41, 5.74) is 1.76. The molecule has 94 valence electrons. The van der Waals surface area contributed by atoms with Crippen molar-refractivity contribution in [2.75, 3.05) is 0 Å². The lowest BCUT2D eigenvalue weighted by Gasteiger charge is -2.11. The van der Waals surface area contributed by atoms with Crippen LogP contribution in [0.1, 0.15) is 11.1 Å². The average Bonchev–Trinajstić information content (AvgIpc) is 2.34. The van der Waals surface area contributed by atoms with Gasteiger partial charge in [0.15, 0.2) is 0 Å². The maximum Gasteiger partial charge on any atom is 0.124 e. The van der Waals surface area contributed by atoms with Crippen molar-refractivity contribution in [2.45, 2.75) is 18.9 Å². The van der Waals surface area contributed by atoms with E-state index in [4.69, 9.17) is 11.6 Å². The molecule has 2 rings (SSSR count). The molecule has 0 aliphatic carbocycles. The van der Waals surface area contributed by atoms with E-state index < -0.39 is 6.10 Å².